The second-order valence-electron chi connectivity index (χ2n) is 3.20. The van der Waals surface area contributed by atoms with Gasteiger partial charge in [-0.1, -0.05) is 13.8 Å². The molecular weight excluding hydrogens is 292 g/mol. The zero-order valence-electron chi connectivity index (χ0n) is 9.78. The molecule has 0 aromatic rings. The van der Waals surface area contributed by atoms with Gasteiger partial charge in [0.2, 0.25) is 0 Å². The molecule has 12 heteroatoms. The maximum Gasteiger partial charge on any atom is 0.397 e. The molecule has 0 fully saturated rings. The largest absolute Gasteiger partial charge is 0.412 e. The number of rotatable bonds is 2. The number of hydrogen-bond acceptors (Lipinski definition) is 6. The predicted molar refractivity (Wildman–Crippen MR) is 65.5 cm³/mol. The van der Waals surface area contributed by atoms with E-state index in [1.165, 1.54) is 5.84 Å². The monoisotopic (exact) mass is 310 g/mol. The first-order chi connectivity index (χ1) is 7.05. The van der Waals surface area contributed by atoms with Crippen LogP contribution in [0.25, 0.3) is 0 Å². The molecule has 0 spiro atoms. The standard InChI is InChI=1S/C6H12N2.H2O6S2.2H2O/c1-5(2)6-7-3-4-8-6;1-7(2,3)8(4,5)6;;/h5H,3-4H2,1-2H3,(H,7,8);(H,1,2,3)(H,4,5,6);2*1H2. The third-order valence-electron chi connectivity index (χ3n) is 1.51. The van der Waals surface area contributed by atoms with Crippen molar-refractivity contribution in [3.8, 4) is 0 Å². The van der Waals surface area contributed by atoms with Crippen molar-refractivity contribution in [3.05, 3.63) is 0 Å². The number of hydrogen-bond donors (Lipinski definition) is 3. The van der Waals surface area contributed by atoms with Crippen molar-refractivity contribution in [2.24, 2.45) is 10.9 Å². The minimum atomic E-state index is -5.31. The molecule has 10 nitrogen and oxygen atoms in total. The molecule has 1 heterocycles. The molecule has 112 valence electrons. The van der Waals surface area contributed by atoms with Gasteiger partial charge in [0.05, 0.1) is 12.4 Å². The van der Waals surface area contributed by atoms with Gasteiger partial charge in [-0.2, -0.15) is 16.8 Å². The highest BCUT2D eigenvalue weighted by molar-refractivity contribution is 8.62. The van der Waals surface area contributed by atoms with E-state index in [9.17, 15) is 16.8 Å². The van der Waals surface area contributed by atoms with Crippen LogP contribution in [-0.4, -0.2) is 55.8 Å². The summed E-state index contributed by atoms with van der Waals surface area (Å²) in [4.78, 5) is 4.24. The molecule has 1 rings (SSSR count). The smallest absolute Gasteiger partial charge is 0.397 e. The van der Waals surface area contributed by atoms with Gasteiger partial charge >= 0.3 is 18.3 Å². The lowest BCUT2D eigenvalue weighted by atomic mass is 10.2. The first-order valence-electron chi connectivity index (χ1n) is 4.29. The normalized spacial score (nSPS) is 14.4. The Bertz CT molecular complexity index is 422. The summed E-state index contributed by atoms with van der Waals surface area (Å²) in [7, 11) is -10.6. The fourth-order valence-corrected chi connectivity index (χ4v) is 0.803. The Morgan fingerprint density at radius 3 is 1.61 bits per heavy atom. The molecular formula is C6H18N2O8S2. The third-order valence-corrected chi connectivity index (χ3v) is 3.64. The van der Waals surface area contributed by atoms with E-state index in [4.69, 9.17) is 9.11 Å². The number of aliphatic imine (C=N–C) groups is 1. The highest BCUT2D eigenvalue weighted by Gasteiger charge is 2.22. The summed E-state index contributed by atoms with van der Waals surface area (Å²) in [6, 6.07) is 0. The van der Waals surface area contributed by atoms with Crippen molar-refractivity contribution >= 4 is 24.1 Å². The Morgan fingerprint density at radius 1 is 1.11 bits per heavy atom. The summed E-state index contributed by atoms with van der Waals surface area (Å²) in [6.45, 7) is 6.30. The van der Waals surface area contributed by atoms with E-state index in [0.717, 1.165) is 13.1 Å². The van der Waals surface area contributed by atoms with E-state index in [-0.39, 0.29) is 11.0 Å². The average Bonchev–Trinajstić information content (AvgIpc) is 2.51. The molecule has 0 aromatic heterocycles. The van der Waals surface area contributed by atoms with Crippen molar-refractivity contribution in [2.45, 2.75) is 13.8 Å². The van der Waals surface area contributed by atoms with E-state index in [1.807, 2.05) is 0 Å². The molecule has 0 saturated heterocycles. The second-order valence-corrected chi connectivity index (χ2v) is 7.44. The quantitative estimate of drug-likeness (QED) is 0.375. The van der Waals surface area contributed by atoms with Crippen molar-refractivity contribution in [1.29, 1.82) is 0 Å². The fraction of sp³-hybridized carbons (Fsp3) is 0.833. The van der Waals surface area contributed by atoms with E-state index >= 15 is 0 Å². The van der Waals surface area contributed by atoms with Gasteiger partial charge < -0.3 is 16.3 Å². The van der Waals surface area contributed by atoms with Crippen LogP contribution in [0.15, 0.2) is 4.99 Å². The van der Waals surface area contributed by atoms with Crippen LogP contribution >= 0.6 is 0 Å². The highest BCUT2D eigenvalue weighted by Crippen LogP contribution is 1.97. The molecule has 1 aliphatic heterocycles. The molecule has 1 aliphatic rings. The summed E-state index contributed by atoms with van der Waals surface area (Å²) in [5.74, 6) is 1.75. The lowest BCUT2D eigenvalue weighted by Gasteiger charge is -2.02. The Hall–Kier alpha value is -0.790. The van der Waals surface area contributed by atoms with Crippen molar-refractivity contribution in [3.63, 3.8) is 0 Å². The maximum absolute atomic E-state index is 9.37. The van der Waals surface area contributed by atoms with E-state index in [2.05, 4.69) is 24.2 Å². The van der Waals surface area contributed by atoms with Gasteiger partial charge in [0.1, 0.15) is 0 Å². The number of nitrogens with zero attached hydrogens (tertiary/aromatic N) is 1. The van der Waals surface area contributed by atoms with Gasteiger partial charge in [-0.15, -0.1) is 0 Å². The zero-order chi connectivity index (χ0) is 13.0. The Kier molecular flexibility index (Phi) is 10.4. The van der Waals surface area contributed by atoms with Gasteiger partial charge in [-0.05, 0) is 0 Å². The molecule has 7 N–H and O–H groups in total. The minimum Gasteiger partial charge on any atom is -0.412 e. The minimum absolute atomic E-state index is 0. The maximum atomic E-state index is 9.37. The van der Waals surface area contributed by atoms with Crippen LogP contribution < -0.4 is 5.32 Å². The highest BCUT2D eigenvalue weighted by atomic mass is 33.2. The molecule has 0 atom stereocenters. The molecule has 0 aliphatic carbocycles. The van der Waals surface area contributed by atoms with E-state index < -0.39 is 18.3 Å². The van der Waals surface area contributed by atoms with Crippen molar-refractivity contribution in [2.75, 3.05) is 13.1 Å². The van der Waals surface area contributed by atoms with Crippen molar-refractivity contribution < 1.29 is 36.9 Å². The Labute approximate surface area is 105 Å². The van der Waals surface area contributed by atoms with Crippen LogP contribution in [0.5, 0.6) is 0 Å². The fourth-order valence-electron chi connectivity index (χ4n) is 0.803. The molecule has 0 unspecified atom stereocenters. The second kappa shape index (κ2) is 8.34. The molecule has 18 heavy (non-hydrogen) atoms. The Morgan fingerprint density at radius 2 is 1.50 bits per heavy atom. The van der Waals surface area contributed by atoms with Crippen LogP contribution in [0, 0.1) is 5.92 Å². The Balaban J connectivity index is -0.000000225. The van der Waals surface area contributed by atoms with Gasteiger partial charge in [-0.3, -0.25) is 14.1 Å². The van der Waals surface area contributed by atoms with Crippen molar-refractivity contribution in [1.82, 2.24) is 5.32 Å². The van der Waals surface area contributed by atoms with Gasteiger partial charge in [0.25, 0.3) is 0 Å². The van der Waals surface area contributed by atoms with Gasteiger partial charge in [0, 0.05) is 12.5 Å². The first kappa shape index (κ1) is 22.4. The van der Waals surface area contributed by atoms with Crippen LogP contribution in [-0.2, 0) is 18.3 Å². The molecule has 0 aromatic carbocycles. The predicted octanol–water partition coefficient (Wildman–Crippen LogP) is -2.33. The summed E-state index contributed by atoms with van der Waals surface area (Å²) in [6.07, 6.45) is 0. The lowest BCUT2D eigenvalue weighted by Crippen LogP contribution is -2.23. The van der Waals surface area contributed by atoms with Gasteiger partial charge in [-0.25, -0.2) is 0 Å². The molecule has 0 amide bonds. The molecule has 0 bridgehead atoms. The summed E-state index contributed by atoms with van der Waals surface area (Å²) >= 11 is 0. The summed E-state index contributed by atoms with van der Waals surface area (Å²) in [5.41, 5.74) is 0. The summed E-state index contributed by atoms with van der Waals surface area (Å²) in [5, 5.41) is 3.21. The third kappa shape index (κ3) is 8.32. The van der Waals surface area contributed by atoms with Crippen LogP contribution in [0.2, 0.25) is 0 Å². The zero-order valence-corrected chi connectivity index (χ0v) is 11.4. The van der Waals surface area contributed by atoms with Crippen LogP contribution in [0.1, 0.15) is 13.8 Å². The van der Waals surface area contributed by atoms with E-state index in [0.29, 0.717) is 5.92 Å². The average molecular weight is 310 g/mol. The molecule has 0 saturated carbocycles. The SMILES string of the molecule is CC(C)C1=NCCN1.O.O.O=S(=O)(O)S(=O)(=O)O. The summed E-state index contributed by atoms with van der Waals surface area (Å²) < 4.78 is 52.5. The topological polar surface area (TPSA) is 196 Å². The van der Waals surface area contributed by atoms with Crippen LogP contribution in [0.3, 0.4) is 0 Å². The van der Waals surface area contributed by atoms with E-state index in [1.54, 1.807) is 0 Å². The number of nitrogens with one attached hydrogen (secondary N) is 1. The van der Waals surface area contributed by atoms with Gasteiger partial charge in [0.15, 0.2) is 0 Å². The number of amidine groups is 1. The first-order valence-corrected chi connectivity index (χ1v) is 7.68. The van der Waals surface area contributed by atoms with Crippen LogP contribution in [0.4, 0.5) is 0 Å². The lowest BCUT2D eigenvalue weighted by molar-refractivity contribution is 0.460. The molecule has 0 radical (unpaired) electrons.